The molecule has 0 aliphatic heterocycles. The van der Waals surface area contributed by atoms with Gasteiger partial charge in [0.25, 0.3) is 0 Å². The Morgan fingerprint density at radius 3 is 2.18 bits per heavy atom. The fourth-order valence-electron chi connectivity index (χ4n) is 1.50. The minimum absolute atomic E-state index is 0.194. The van der Waals surface area contributed by atoms with Gasteiger partial charge in [0.05, 0.1) is 0 Å². The fourth-order valence-corrected chi connectivity index (χ4v) is 5.59. The van der Waals surface area contributed by atoms with Crippen LogP contribution in [0.25, 0.3) is 0 Å². The van der Waals surface area contributed by atoms with Crippen molar-refractivity contribution in [2.75, 3.05) is 5.73 Å². The molecule has 2 rings (SSSR count). The highest BCUT2D eigenvalue weighted by atomic mass is 79.9. The molecule has 1 aliphatic carbocycles. The molecule has 1 saturated carbocycles. The summed E-state index contributed by atoms with van der Waals surface area (Å²) in [5.74, 6) is 0. The predicted octanol–water partition coefficient (Wildman–Crippen LogP) is 2.62. The molecule has 0 unspecified atom stereocenters. The van der Waals surface area contributed by atoms with Crippen molar-refractivity contribution in [2.45, 2.75) is 30.2 Å². The van der Waals surface area contributed by atoms with E-state index in [0.29, 0.717) is 14.6 Å². The maximum Gasteiger partial charge on any atom is 0.243 e. The molecular formula is C10H12Br2N2O2S. The Hall–Kier alpha value is -0.110. The van der Waals surface area contributed by atoms with E-state index in [-0.39, 0.29) is 10.4 Å². The molecule has 3 N–H and O–H groups in total. The van der Waals surface area contributed by atoms with Gasteiger partial charge >= 0.3 is 0 Å². The highest BCUT2D eigenvalue weighted by Crippen LogP contribution is 2.38. The molecule has 0 atom stereocenters. The van der Waals surface area contributed by atoms with Crippen molar-refractivity contribution in [2.24, 2.45) is 0 Å². The van der Waals surface area contributed by atoms with E-state index in [9.17, 15) is 8.42 Å². The molecule has 1 aromatic carbocycles. The van der Waals surface area contributed by atoms with Crippen molar-refractivity contribution in [1.82, 2.24) is 4.72 Å². The van der Waals surface area contributed by atoms with Crippen LogP contribution >= 0.6 is 31.9 Å². The van der Waals surface area contributed by atoms with Crippen LogP contribution in [0.4, 0.5) is 5.69 Å². The lowest BCUT2D eigenvalue weighted by atomic mass is 10.3. The van der Waals surface area contributed by atoms with Gasteiger partial charge in [-0.1, -0.05) is 0 Å². The molecule has 4 nitrogen and oxygen atoms in total. The second kappa shape index (κ2) is 4.22. The van der Waals surface area contributed by atoms with E-state index < -0.39 is 10.0 Å². The lowest BCUT2D eigenvalue weighted by molar-refractivity contribution is 0.557. The Labute approximate surface area is 117 Å². The zero-order valence-corrected chi connectivity index (χ0v) is 13.1. The van der Waals surface area contributed by atoms with Crippen LogP contribution < -0.4 is 10.5 Å². The molecule has 0 heterocycles. The number of nitrogens with two attached hydrogens (primary N) is 1. The molecule has 0 radical (unpaired) electrons. The zero-order chi connectivity index (χ0) is 12.8. The van der Waals surface area contributed by atoms with Gasteiger partial charge in [0.15, 0.2) is 0 Å². The molecule has 1 fully saturated rings. The van der Waals surface area contributed by atoms with E-state index in [1.165, 1.54) is 0 Å². The summed E-state index contributed by atoms with van der Waals surface area (Å²) >= 11 is 6.47. The molecule has 0 bridgehead atoms. The number of halogens is 2. The third-order valence-electron chi connectivity index (χ3n) is 2.67. The van der Waals surface area contributed by atoms with Gasteiger partial charge < -0.3 is 5.73 Å². The van der Waals surface area contributed by atoms with Gasteiger partial charge in [0, 0.05) is 20.2 Å². The number of benzene rings is 1. The Morgan fingerprint density at radius 2 is 1.76 bits per heavy atom. The first-order chi connectivity index (χ1) is 7.73. The van der Waals surface area contributed by atoms with Crippen LogP contribution in [0.1, 0.15) is 19.8 Å². The van der Waals surface area contributed by atoms with Crippen LogP contribution in [0, 0.1) is 0 Å². The Balaban J connectivity index is 2.46. The molecule has 17 heavy (non-hydrogen) atoms. The fraction of sp³-hybridized carbons (Fsp3) is 0.400. The molecule has 0 saturated heterocycles. The summed E-state index contributed by atoms with van der Waals surface area (Å²) in [6.07, 6.45) is 1.74. The normalized spacial score (nSPS) is 18.1. The third-order valence-corrected chi connectivity index (χ3v) is 6.18. The van der Waals surface area contributed by atoms with E-state index in [0.717, 1.165) is 12.8 Å². The summed E-state index contributed by atoms with van der Waals surface area (Å²) in [4.78, 5) is 0.194. The second-order valence-corrected chi connectivity index (χ2v) is 7.81. The van der Waals surface area contributed by atoms with Gasteiger partial charge in [-0.05, 0) is 63.8 Å². The quantitative estimate of drug-likeness (QED) is 0.788. The van der Waals surface area contributed by atoms with Gasteiger partial charge in [0.2, 0.25) is 10.0 Å². The van der Waals surface area contributed by atoms with Crippen LogP contribution in [0.15, 0.2) is 26.0 Å². The van der Waals surface area contributed by atoms with E-state index in [1.807, 2.05) is 6.92 Å². The van der Waals surface area contributed by atoms with Crippen LogP contribution in [0.3, 0.4) is 0 Å². The SMILES string of the molecule is CC1(NS(=O)(=O)c2c(Br)cc(N)cc2Br)CC1. The third kappa shape index (κ3) is 2.83. The van der Waals surface area contributed by atoms with Gasteiger partial charge in [-0.15, -0.1) is 0 Å². The number of hydrogen-bond acceptors (Lipinski definition) is 3. The lowest BCUT2D eigenvalue weighted by Gasteiger charge is -2.15. The summed E-state index contributed by atoms with van der Waals surface area (Å²) < 4.78 is 28.1. The Kier molecular flexibility index (Phi) is 3.31. The molecule has 7 heteroatoms. The average Bonchev–Trinajstić information content (AvgIpc) is 2.78. The van der Waals surface area contributed by atoms with Crippen molar-refractivity contribution in [3.05, 3.63) is 21.1 Å². The number of rotatable bonds is 3. The van der Waals surface area contributed by atoms with Crippen LogP contribution in [-0.4, -0.2) is 14.0 Å². The van der Waals surface area contributed by atoms with Gasteiger partial charge in [-0.25, -0.2) is 13.1 Å². The zero-order valence-electron chi connectivity index (χ0n) is 9.13. The summed E-state index contributed by atoms with van der Waals surface area (Å²) in [6, 6.07) is 3.16. The largest absolute Gasteiger partial charge is 0.399 e. The summed E-state index contributed by atoms with van der Waals surface area (Å²) in [6.45, 7) is 1.89. The van der Waals surface area contributed by atoms with Gasteiger partial charge in [-0.3, -0.25) is 0 Å². The minimum atomic E-state index is -3.53. The van der Waals surface area contributed by atoms with E-state index in [4.69, 9.17) is 5.73 Å². The van der Waals surface area contributed by atoms with E-state index in [1.54, 1.807) is 12.1 Å². The maximum atomic E-state index is 12.2. The van der Waals surface area contributed by atoms with Crippen molar-refractivity contribution in [3.63, 3.8) is 0 Å². The van der Waals surface area contributed by atoms with Crippen LogP contribution in [-0.2, 0) is 10.0 Å². The first kappa shape index (κ1) is 13.3. The molecule has 94 valence electrons. The van der Waals surface area contributed by atoms with Gasteiger partial charge in [0.1, 0.15) is 4.90 Å². The standard InChI is InChI=1S/C10H12Br2N2O2S/c1-10(2-3-10)14-17(15,16)9-7(11)4-6(13)5-8(9)12/h4-5,14H,2-3,13H2,1H3. The molecular weight excluding hydrogens is 372 g/mol. The molecule has 0 aromatic heterocycles. The minimum Gasteiger partial charge on any atom is -0.399 e. The Morgan fingerprint density at radius 1 is 1.29 bits per heavy atom. The highest BCUT2D eigenvalue weighted by molar-refractivity contribution is 9.11. The number of nitrogen functional groups attached to an aromatic ring is 1. The number of anilines is 1. The summed E-state index contributed by atoms with van der Waals surface area (Å²) in [5, 5.41) is 0. The highest BCUT2D eigenvalue weighted by Gasteiger charge is 2.42. The van der Waals surface area contributed by atoms with E-state index in [2.05, 4.69) is 36.6 Å². The predicted molar refractivity (Wildman–Crippen MR) is 74.2 cm³/mol. The Bertz CT molecular complexity index is 545. The van der Waals surface area contributed by atoms with E-state index >= 15 is 0 Å². The molecule has 0 amide bonds. The lowest BCUT2D eigenvalue weighted by Crippen LogP contribution is -2.34. The van der Waals surface area contributed by atoms with Crippen LogP contribution in [0.5, 0.6) is 0 Å². The molecule has 0 spiro atoms. The van der Waals surface area contributed by atoms with Crippen molar-refractivity contribution >= 4 is 47.6 Å². The second-order valence-electron chi connectivity index (χ2n) is 4.48. The molecule has 1 aliphatic rings. The number of nitrogens with one attached hydrogen (secondary N) is 1. The molecule has 1 aromatic rings. The smallest absolute Gasteiger partial charge is 0.243 e. The van der Waals surface area contributed by atoms with Crippen molar-refractivity contribution < 1.29 is 8.42 Å². The number of sulfonamides is 1. The monoisotopic (exact) mass is 382 g/mol. The number of hydrogen-bond donors (Lipinski definition) is 2. The topological polar surface area (TPSA) is 72.2 Å². The summed E-state index contributed by atoms with van der Waals surface area (Å²) in [7, 11) is -3.53. The average molecular weight is 384 g/mol. The van der Waals surface area contributed by atoms with Crippen LogP contribution in [0.2, 0.25) is 0 Å². The first-order valence-electron chi connectivity index (χ1n) is 5.02. The van der Waals surface area contributed by atoms with Gasteiger partial charge in [-0.2, -0.15) is 0 Å². The van der Waals surface area contributed by atoms with Crippen molar-refractivity contribution in [3.8, 4) is 0 Å². The summed E-state index contributed by atoms with van der Waals surface area (Å²) in [5.41, 5.74) is 5.84. The van der Waals surface area contributed by atoms with Crippen molar-refractivity contribution in [1.29, 1.82) is 0 Å². The maximum absolute atomic E-state index is 12.2. The first-order valence-corrected chi connectivity index (χ1v) is 8.09.